The number of rotatable bonds is 3. The first kappa shape index (κ1) is 18.0. The molecule has 2 N–H and O–H groups in total. The fourth-order valence-corrected chi connectivity index (χ4v) is 2.55. The highest BCUT2D eigenvalue weighted by molar-refractivity contribution is 5.94. The van der Waals surface area contributed by atoms with E-state index in [-0.39, 0.29) is 23.7 Å². The Balaban J connectivity index is 0.00000220. The predicted molar refractivity (Wildman–Crippen MR) is 90.3 cm³/mol. The van der Waals surface area contributed by atoms with Crippen LogP contribution < -0.4 is 10.6 Å². The van der Waals surface area contributed by atoms with Crippen molar-refractivity contribution in [2.24, 2.45) is 5.92 Å². The summed E-state index contributed by atoms with van der Waals surface area (Å²) in [5.41, 5.74) is 2.14. The summed E-state index contributed by atoms with van der Waals surface area (Å²) in [7, 11) is 0. The zero-order chi connectivity index (χ0) is 14.6. The zero-order valence-corrected chi connectivity index (χ0v) is 14.1. The SMILES string of the molecule is CC(C)(C)c1ccc(C(=O)NCC2CCNCC2)cc1.Cl. The van der Waals surface area contributed by atoms with Crippen LogP contribution in [0.3, 0.4) is 0 Å². The quantitative estimate of drug-likeness (QED) is 0.900. The van der Waals surface area contributed by atoms with Crippen LogP contribution in [-0.4, -0.2) is 25.5 Å². The molecule has 1 fully saturated rings. The molecular formula is C17H27ClN2O. The fraction of sp³-hybridized carbons (Fsp3) is 0.588. The number of nitrogens with one attached hydrogen (secondary N) is 2. The number of carbonyl (C=O) groups is 1. The maximum atomic E-state index is 12.1. The smallest absolute Gasteiger partial charge is 0.251 e. The molecule has 0 aromatic heterocycles. The number of hydrogen-bond acceptors (Lipinski definition) is 2. The van der Waals surface area contributed by atoms with Crippen LogP contribution in [0.15, 0.2) is 24.3 Å². The fourth-order valence-electron chi connectivity index (χ4n) is 2.55. The van der Waals surface area contributed by atoms with Gasteiger partial charge >= 0.3 is 0 Å². The highest BCUT2D eigenvalue weighted by atomic mass is 35.5. The zero-order valence-electron chi connectivity index (χ0n) is 13.2. The van der Waals surface area contributed by atoms with Crippen molar-refractivity contribution in [3.8, 4) is 0 Å². The molecule has 0 aliphatic carbocycles. The van der Waals surface area contributed by atoms with Gasteiger partial charge in [-0.1, -0.05) is 32.9 Å². The van der Waals surface area contributed by atoms with Gasteiger partial charge in [0, 0.05) is 12.1 Å². The topological polar surface area (TPSA) is 41.1 Å². The van der Waals surface area contributed by atoms with Crippen molar-refractivity contribution in [2.45, 2.75) is 39.0 Å². The lowest BCUT2D eigenvalue weighted by Crippen LogP contribution is -2.35. The van der Waals surface area contributed by atoms with E-state index in [9.17, 15) is 4.79 Å². The van der Waals surface area contributed by atoms with Crippen LogP contribution in [0.25, 0.3) is 0 Å². The van der Waals surface area contributed by atoms with Gasteiger partial charge in [-0.3, -0.25) is 4.79 Å². The van der Waals surface area contributed by atoms with E-state index in [4.69, 9.17) is 0 Å². The molecule has 0 unspecified atom stereocenters. The third kappa shape index (κ3) is 5.33. The normalized spacial score (nSPS) is 16.1. The van der Waals surface area contributed by atoms with Crippen LogP contribution in [0.5, 0.6) is 0 Å². The minimum atomic E-state index is 0. The van der Waals surface area contributed by atoms with Gasteiger partial charge in [0.15, 0.2) is 0 Å². The van der Waals surface area contributed by atoms with E-state index in [1.807, 2.05) is 12.1 Å². The molecule has 4 heteroatoms. The van der Waals surface area contributed by atoms with Crippen LogP contribution in [0.2, 0.25) is 0 Å². The van der Waals surface area contributed by atoms with Gasteiger partial charge in [-0.2, -0.15) is 0 Å². The van der Waals surface area contributed by atoms with Crippen molar-refractivity contribution in [3.63, 3.8) is 0 Å². The lowest BCUT2D eigenvalue weighted by Gasteiger charge is -2.23. The Labute approximate surface area is 134 Å². The summed E-state index contributed by atoms with van der Waals surface area (Å²) in [4.78, 5) is 12.1. The van der Waals surface area contributed by atoms with Crippen molar-refractivity contribution < 1.29 is 4.79 Å². The van der Waals surface area contributed by atoms with Gasteiger partial charge in [-0.05, 0) is 55.0 Å². The minimum Gasteiger partial charge on any atom is -0.352 e. The largest absolute Gasteiger partial charge is 0.352 e. The molecule has 1 aliphatic rings. The Kier molecular flexibility index (Phi) is 6.69. The number of amides is 1. The van der Waals surface area contributed by atoms with Crippen molar-refractivity contribution in [2.75, 3.05) is 19.6 Å². The van der Waals surface area contributed by atoms with Gasteiger partial charge in [0.1, 0.15) is 0 Å². The first-order valence-electron chi connectivity index (χ1n) is 7.56. The molecule has 1 heterocycles. The standard InChI is InChI=1S/C17H26N2O.ClH/c1-17(2,3)15-6-4-14(5-7-15)16(20)19-12-13-8-10-18-11-9-13;/h4-7,13,18H,8-12H2,1-3H3,(H,19,20);1H. The molecule has 0 saturated carbocycles. The molecule has 3 nitrogen and oxygen atoms in total. The highest BCUT2D eigenvalue weighted by Gasteiger charge is 2.16. The number of hydrogen-bond donors (Lipinski definition) is 2. The summed E-state index contributed by atoms with van der Waals surface area (Å²) in [5, 5.41) is 6.40. The number of piperidine rings is 1. The van der Waals surface area contributed by atoms with Crippen LogP contribution in [0, 0.1) is 5.92 Å². The van der Waals surface area contributed by atoms with Crippen molar-refractivity contribution in [1.29, 1.82) is 0 Å². The van der Waals surface area contributed by atoms with E-state index in [1.54, 1.807) is 0 Å². The van der Waals surface area contributed by atoms with Crippen LogP contribution >= 0.6 is 12.4 Å². The lowest BCUT2D eigenvalue weighted by atomic mass is 9.86. The van der Waals surface area contributed by atoms with Gasteiger partial charge < -0.3 is 10.6 Å². The molecular weight excluding hydrogens is 284 g/mol. The summed E-state index contributed by atoms with van der Waals surface area (Å²) in [6, 6.07) is 7.97. The Morgan fingerprint density at radius 3 is 2.29 bits per heavy atom. The van der Waals surface area contributed by atoms with Crippen molar-refractivity contribution in [3.05, 3.63) is 35.4 Å². The van der Waals surface area contributed by atoms with E-state index in [0.29, 0.717) is 5.92 Å². The van der Waals surface area contributed by atoms with E-state index < -0.39 is 0 Å². The van der Waals surface area contributed by atoms with Crippen LogP contribution in [-0.2, 0) is 5.41 Å². The molecule has 1 aliphatic heterocycles. The molecule has 1 aromatic carbocycles. The molecule has 0 atom stereocenters. The molecule has 1 saturated heterocycles. The Morgan fingerprint density at radius 1 is 1.19 bits per heavy atom. The first-order valence-corrected chi connectivity index (χ1v) is 7.56. The Bertz CT molecular complexity index is 445. The summed E-state index contributed by atoms with van der Waals surface area (Å²) in [6.07, 6.45) is 2.31. The molecule has 0 radical (unpaired) electrons. The average Bonchev–Trinajstić information content (AvgIpc) is 2.45. The molecule has 1 amide bonds. The van der Waals surface area contributed by atoms with Crippen molar-refractivity contribution in [1.82, 2.24) is 10.6 Å². The maximum Gasteiger partial charge on any atom is 0.251 e. The number of benzene rings is 1. The van der Waals surface area contributed by atoms with Gasteiger partial charge in [-0.15, -0.1) is 12.4 Å². The molecule has 1 aromatic rings. The average molecular weight is 311 g/mol. The summed E-state index contributed by atoms with van der Waals surface area (Å²) in [5.74, 6) is 0.665. The third-order valence-electron chi connectivity index (χ3n) is 4.02. The van der Waals surface area contributed by atoms with Gasteiger partial charge in [-0.25, -0.2) is 0 Å². The summed E-state index contributed by atoms with van der Waals surface area (Å²) >= 11 is 0. The van der Waals surface area contributed by atoms with Gasteiger partial charge in [0.05, 0.1) is 0 Å². The highest BCUT2D eigenvalue weighted by Crippen LogP contribution is 2.22. The first-order chi connectivity index (χ1) is 9.47. The second kappa shape index (κ2) is 7.81. The van der Waals surface area contributed by atoms with Gasteiger partial charge in [0.25, 0.3) is 5.91 Å². The molecule has 2 rings (SSSR count). The molecule has 118 valence electrons. The number of halogens is 1. The maximum absolute atomic E-state index is 12.1. The number of carbonyl (C=O) groups excluding carboxylic acids is 1. The molecule has 0 spiro atoms. The monoisotopic (exact) mass is 310 g/mol. The van der Waals surface area contributed by atoms with E-state index in [2.05, 4.69) is 43.5 Å². The van der Waals surface area contributed by atoms with E-state index in [1.165, 1.54) is 5.56 Å². The van der Waals surface area contributed by atoms with Gasteiger partial charge in [0.2, 0.25) is 0 Å². The minimum absolute atomic E-state index is 0. The van der Waals surface area contributed by atoms with Crippen LogP contribution in [0.4, 0.5) is 0 Å². The van der Waals surface area contributed by atoms with E-state index >= 15 is 0 Å². The Morgan fingerprint density at radius 2 is 1.76 bits per heavy atom. The lowest BCUT2D eigenvalue weighted by molar-refractivity contribution is 0.0944. The summed E-state index contributed by atoms with van der Waals surface area (Å²) < 4.78 is 0. The second-order valence-electron chi connectivity index (χ2n) is 6.73. The third-order valence-corrected chi connectivity index (χ3v) is 4.02. The van der Waals surface area contributed by atoms with Crippen molar-refractivity contribution >= 4 is 18.3 Å². The Hall–Kier alpha value is -1.06. The summed E-state index contributed by atoms with van der Waals surface area (Å²) in [6.45, 7) is 9.47. The van der Waals surface area contributed by atoms with E-state index in [0.717, 1.165) is 38.0 Å². The van der Waals surface area contributed by atoms with Crippen LogP contribution in [0.1, 0.15) is 49.5 Å². The second-order valence-corrected chi connectivity index (χ2v) is 6.73. The molecule has 21 heavy (non-hydrogen) atoms. The molecule has 0 bridgehead atoms. The predicted octanol–water partition coefficient (Wildman–Crippen LogP) is 3.14.